The van der Waals surface area contributed by atoms with Crippen molar-refractivity contribution < 1.29 is 28.2 Å². The number of hydrogen-bond acceptors (Lipinski definition) is 8. The van der Waals surface area contributed by atoms with Crippen LogP contribution in [0.1, 0.15) is 42.4 Å². The lowest BCUT2D eigenvalue weighted by molar-refractivity contribution is -0.142. The summed E-state index contributed by atoms with van der Waals surface area (Å²) < 4.78 is 30.0. The van der Waals surface area contributed by atoms with Gasteiger partial charge in [-0.3, -0.25) is 14.9 Å². The second kappa shape index (κ2) is 10.9. The molecule has 174 valence electrons. The number of hydrogen-bond donors (Lipinski definition) is 1. The summed E-state index contributed by atoms with van der Waals surface area (Å²) in [5.74, 6) is -0.798. The van der Waals surface area contributed by atoms with Crippen LogP contribution < -0.4 is 14.8 Å². The van der Waals surface area contributed by atoms with Crippen molar-refractivity contribution in [1.82, 2.24) is 9.97 Å². The number of nitrogens with zero attached hydrogens (tertiary/aromatic N) is 2. The SMILES string of the molecule is CCOC(=O)Cc1csc(NC(=O)c2cc(Oc3cc(C)cc(F)c3)nc(OC(C)C)c2)n1. The third-order valence-electron chi connectivity index (χ3n) is 4.04. The van der Waals surface area contributed by atoms with Crippen molar-refractivity contribution >= 4 is 28.3 Å². The van der Waals surface area contributed by atoms with Gasteiger partial charge in [-0.15, -0.1) is 11.3 Å². The Hall–Kier alpha value is -3.53. The van der Waals surface area contributed by atoms with Crippen molar-refractivity contribution in [3.63, 3.8) is 0 Å². The molecule has 0 aliphatic heterocycles. The summed E-state index contributed by atoms with van der Waals surface area (Å²) in [4.78, 5) is 33.0. The lowest BCUT2D eigenvalue weighted by Crippen LogP contribution is -2.14. The van der Waals surface area contributed by atoms with Crippen molar-refractivity contribution in [1.29, 1.82) is 0 Å². The van der Waals surface area contributed by atoms with E-state index in [1.54, 1.807) is 25.3 Å². The van der Waals surface area contributed by atoms with Crippen LogP contribution in [0.4, 0.5) is 9.52 Å². The smallest absolute Gasteiger partial charge is 0.311 e. The number of anilines is 1. The second-order valence-corrected chi connectivity index (χ2v) is 8.20. The van der Waals surface area contributed by atoms with Gasteiger partial charge in [0.1, 0.15) is 11.6 Å². The van der Waals surface area contributed by atoms with Gasteiger partial charge in [0.05, 0.1) is 30.4 Å². The molecule has 10 heteroatoms. The number of halogens is 1. The summed E-state index contributed by atoms with van der Waals surface area (Å²) in [7, 11) is 0. The van der Waals surface area contributed by atoms with Gasteiger partial charge in [0.2, 0.25) is 11.8 Å². The Balaban J connectivity index is 1.80. The van der Waals surface area contributed by atoms with E-state index < -0.39 is 11.7 Å². The number of thiazole rings is 1. The molecule has 0 bridgehead atoms. The average molecular weight is 474 g/mol. The topological polar surface area (TPSA) is 99.6 Å². The maximum atomic E-state index is 13.7. The highest BCUT2D eigenvalue weighted by atomic mass is 32.1. The van der Waals surface area contributed by atoms with E-state index in [-0.39, 0.29) is 48.2 Å². The number of rotatable bonds is 9. The van der Waals surface area contributed by atoms with Crippen LogP contribution in [0.2, 0.25) is 0 Å². The number of benzene rings is 1. The van der Waals surface area contributed by atoms with Crippen molar-refractivity contribution in [2.45, 2.75) is 40.2 Å². The molecule has 1 amide bonds. The third-order valence-corrected chi connectivity index (χ3v) is 4.84. The predicted molar refractivity (Wildman–Crippen MR) is 122 cm³/mol. The zero-order valence-electron chi connectivity index (χ0n) is 18.7. The highest BCUT2D eigenvalue weighted by molar-refractivity contribution is 7.14. The van der Waals surface area contributed by atoms with Gasteiger partial charge in [-0.2, -0.15) is 4.98 Å². The van der Waals surface area contributed by atoms with E-state index in [0.29, 0.717) is 16.4 Å². The highest BCUT2D eigenvalue weighted by Crippen LogP contribution is 2.27. The predicted octanol–water partition coefficient (Wildman–Crippen LogP) is 4.92. The fraction of sp³-hybridized carbons (Fsp3) is 0.304. The summed E-state index contributed by atoms with van der Waals surface area (Å²) in [5.41, 5.74) is 1.39. The number of pyridine rings is 1. The number of carbonyl (C=O) groups is 2. The molecule has 1 aromatic carbocycles. The van der Waals surface area contributed by atoms with Gasteiger partial charge in [0, 0.05) is 23.6 Å². The van der Waals surface area contributed by atoms with Crippen LogP contribution in [0, 0.1) is 12.7 Å². The van der Waals surface area contributed by atoms with Gasteiger partial charge >= 0.3 is 5.97 Å². The van der Waals surface area contributed by atoms with Crippen molar-refractivity contribution in [3.05, 3.63) is 58.3 Å². The molecule has 0 saturated heterocycles. The largest absolute Gasteiger partial charge is 0.475 e. The molecule has 0 radical (unpaired) electrons. The molecule has 3 aromatic rings. The summed E-state index contributed by atoms with van der Waals surface area (Å²) >= 11 is 1.19. The van der Waals surface area contributed by atoms with Crippen molar-refractivity contribution in [3.8, 4) is 17.5 Å². The lowest BCUT2D eigenvalue weighted by Gasteiger charge is -2.13. The number of nitrogens with one attached hydrogen (secondary N) is 1. The Morgan fingerprint density at radius 2 is 1.88 bits per heavy atom. The minimum Gasteiger partial charge on any atom is -0.475 e. The molecular formula is C23H24FN3O5S. The number of carbonyl (C=O) groups excluding carboxylic acids is 2. The van der Waals surface area contributed by atoms with Crippen LogP contribution in [0.5, 0.6) is 17.5 Å². The Labute approximate surface area is 194 Å². The lowest BCUT2D eigenvalue weighted by atomic mass is 10.2. The molecule has 0 spiro atoms. The molecule has 33 heavy (non-hydrogen) atoms. The number of aryl methyl sites for hydroxylation is 1. The van der Waals surface area contributed by atoms with Crippen LogP contribution in [0.25, 0.3) is 0 Å². The van der Waals surface area contributed by atoms with E-state index in [1.807, 2.05) is 13.8 Å². The second-order valence-electron chi connectivity index (χ2n) is 7.35. The van der Waals surface area contributed by atoms with Gasteiger partial charge in [-0.05, 0) is 45.4 Å². The first kappa shape index (κ1) is 24.1. The Bertz CT molecular complexity index is 1130. The van der Waals surface area contributed by atoms with Gasteiger partial charge < -0.3 is 14.2 Å². The maximum Gasteiger partial charge on any atom is 0.311 e. The molecular weight excluding hydrogens is 449 g/mol. The zero-order chi connectivity index (χ0) is 24.0. The standard InChI is InChI=1S/C23H24FN3O5S/c1-5-30-21(28)11-17-12-33-23(25-17)27-22(29)15-8-19(31-13(2)3)26-20(9-15)32-18-7-14(4)6-16(24)10-18/h6-10,12-13H,5,11H2,1-4H3,(H,25,27,29). The van der Waals surface area contributed by atoms with Crippen LogP contribution in [0.3, 0.4) is 0 Å². The quantitative estimate of drug-likeness (QED) is 0.440. The van der Waals surface area contributed by atoms with Gasteiger partial charge in [0.15, 0.2) is 5.13 Å². The minimum atomic E-state index is -0.469. The third kappa shape index (κ3) is 7.25. The molecule has 2 aromatic heterocycles. The first-order chi connectivity index (χ1) is 15.7. The van der Waals surface area contributed by atoms with E-state index in [9.17, 15) is 14.0 Å². The Morgan fingerprint density at radius 1 is 1.12 bits per heavy atom. The summed E-state index contributed by atoms with van der Waals surface area (Å²) in [6.45, 7) is 7.40. The molecule has 2 heterocycles. The van der Waals surface area contributed by atoms with E-state index in [1.165, 1.54) is 35.6 Å². The van der Waals surface area contributed by atoms with Gasteiger partial charge in [-0.25, -0.2) is 9.37 Å². The molecule has 1 N–H and O–H groups in total. The molecule has 0 fully saturated rings. The number of amides is 1. The molecule has 0 atom stereocenters. The zero-order valence-corrected chi connectivity index (χ0v) is 19.5. The average Bonchev–Trinajstić information content (AvgIpc) is 3.13. The number of aromatic nitrogens is 2. The molecule has 0 saturated carbocycles. The molecule has 0 aliphatic rings. The normalized spacial score (nSPS) is 10.7. The fourth-order valence-corrected chi connectivity index (χ4v) is 3.53. The van der Waals surface area contributed by atoms with Crippen molar-refractivity contribution in [2.75, 3.05) is 11.9 Å². The first-order valence-corrected chi connectivity index (χ1v) is 11.1. The molecule has 8 nitrogen and oxygen atoms in total. The van der Waals surface area contributed by atoms with Gasteiger partial charge in [0.25, 0.3) is 5.91 Å². The highest BCUT2D eigenvalue weighted by Gasteiger charge is 2.16. The van der Waals surface area contributed by atoms with Crippen LogP contribution in [0.15, 0.2) is 35.7 Å². The van der Waals surface area contributed by atoms with E-state index in [0.717, 1.165) is 0 Å². The molecule has 0 aliphatic carbocycles. The number of esters is 1. The van der Waals surface area contributed by atoms with E-state index >= 15 is 0 Å². The maximum absolute atomic E-state index is 13.7. The van der Waals surface area contributed by atoms with Crippen LogP contribution >= 0.6 is 11.3 Å². The Kier molecular flexibility index (Phi) is 7.94. The summed E-state index contributed by atoms with van der Waals surface area (Å²) in [5, 5.41) is 4.69. The minimum absolute atomic E-state index is 0.0207. The molecule has 0 unspecified atom stereocenters. The van der Waals surface area contributed by atoms with Gasteiger partial charge in [-0.1, -0.05) is 0 Å². The number of ether oxygens (including phenoxy) is 3. The van der Waals surface area contributed by atoms with Crippen LogP contribution in [-0.4, -0.2) is 34.6 Å². The Morgan fingerprint density at radius 3 is 2.58 bits per heavy atom. The van der Waals surface area contributed by atoms with E-state index in [4.69, 9.17) is 14.2 Å². The summed E-state index contributed by atoms with van der Waals surface area (Å²) in [6.07, 6.45) is -0.170. The fourth-order valence-electron chi connectivity index (χ4n) is 2.82. The first-order valence-electron chi connectivity index (χ1n) is 10.3. The monoisotopic (exact) mass is 473 g/mol. The van der Waals surface area contributed by atoms with E-state index in [2.05, 4.69) is 15.3 Å². The molecule has 3 rings (SSSR count). The summed E-state index contributed by atoms with van der Waals surface area (Å²) in [6, 6.07) is 7.16. The van der Waals surface area contributed by atoms with Crippen molar-refractivity contribution in [2.24, 2.45) is 0 Å². The van der Waals surface area contributed by atoms with Crippen LogP contribution in [-0.2, 0) is 16.0 Å².